The van der Waals surface area contributed by atoms with Crippen LogP contribution in [0.1, 0.15) is 5.69 Å². The molecule has 0 amide bonds. The van der Waals surface area contributed by atoms with Crippen LogP contribution in [0.15, 0.2) is 41.0 Å². The third-order valence-electron chi connectivity index (χ3n) is 3.66. The Hall–Kier alpha value is -2.01. The Morgan fingerprint density at radius 2 is 1.90 bits per heavy atom. The number of aryl methyl sites for hydroxylation is 1. The molecule has 4 rings (SSSR count). The number of rotatable bonds is 1. The summed E-state index contributed by atoms with van der Waals surface area (Å²) in [6.45, 7) is 3.26. The minimum absolute atomic E-state index is 0.591. The van der Waals surface area contributed by atoms with Crippen LogP contribution >= 0.6 is 15.9 Å². The molecule has 3 heterocycles. The van der Waals surface area contributed by atoms with Crippen LogP contribution < -0.4 is 9.47 Å². The molecule has 0 saturated heterocycles. The Balaban J connectivity index is 1.84. The van der Waals surface area contributed by atoms with E-state index < -0.39 is 0 Å². The molecule has 1 aliphatic rings. The molecule has 4 nitrogen and oxygen atoms in total. The fourth-order valence-corrected chi connectivity index (χ4v) is 2.83. The Bertz CT molecular complexity index is 842. The number of halogens is 1. The molecule has 0 saturated carbocycles. The molecule has 106 valence electrons. The standard InChI is InChI=1S/C16H13BrN2O2/c1-10-12(17)3-5-16-18-13(9-19(10)16)11-2-4-14-15(8-11)21-7-6-20-14/h2-5,8-9H,6-7H2,1H3. The lowest BCUT2D eigenvalue weighted by atomic mass is 10.1. The lowest BCUT2D eigenvalue weighted by molar-refractivity contribution is 0.171. The summed E-state index contributed by atoms with van der Waals surface area (Å²) >= 11 is 3.55. The van der Waals surface area contributed by atoms with Crippen LogP contribution in [0.3, 0.4) is 0 Å². The largest absolute Gasteiger partial charge is 0.486 e. The smallest absolute Gasteiger partial charge is 0.162 e. The van der Waals surface area contributed by atoms with Crippen LogP contribution in [0, 0.1) is 6.92 Å². The van der Waals surface area contributed by atoms with Gasteiger partial charge in [-0.05, 0) is 53.2 Å². The van der Waals surface area contributed by atoms with Crippen molar-refractivity contribution in [2.75, 3.05) is 13.2 Å². The molecule has 0 spiro atoms. The van der Waals surface area contributed by atoms with Crippen LogP contribution in [-0.4, -0.2) is 22.6 Å². The highest BCUT2D eigenvalue weighted by Gasteiger charge is 2.14. The molecule has 21 heavy (non-hydrogen) atoms. The second-order valence-corrected chi connectivity index (χ2v) is 5.83. The van der Waals surface area contributed by atoms with Gasteiger partial charge in [0.05, 0.1) is 5.69 Å². The van der Waals surface area contributed by atoms with Crippen molar-refractivity contribution in [3.63, 3.8) is 0 Å². The third-order valence-corrected chi connectivity index (χ3v) is 4.50. The Morgan fingerprint density at radius 1 is 1.10 bits per heavy atom. The normalized spacial score (nSPS) is 13.6. The van der Waals surface area contributed by atoms with E-state index in [0.29, 0.717) is 13.2 Å². The van der Waals surface area contributed by atoms with Crippen LogP contribution in [0.4, 0.5) is 0 Å². The zero-order valence-electron chi connectivity index (χ0n) is 11.5. The zero-order valence-corrected chi connectivity index (χ0v) is 13.1. The number of pyridine rings is 1. The van der Waals surface area contributed by atoms with Gasteiger partial charge < -0.3 is 13.9 Å². The maximum atomic E-state index is 5.64. The molecule has 0 N–H and O–H groups in total. The minimum Gasteiger partial charge on any atom is -0.486 e. The molecule has 3 aromatic rings. The first kappa shape index (κ1) is 12.7. The van der Waals surface area contributed by atoms with Crippen molar-refractivity contribution >= 4 is 21.6 Å². The molecule has 5 heteroatoms. The van der Waals surface area contributed by atoms with Gasteiger partial charge in [0.25, 0.3) is 0 Å². The molecular formula is C16H13BrN2O2. The minimum atomic E-state index is 0.591. The average molecular weight is 345 g/mol. The summed E-state index contributed by atoms with van der Waals surface area (Å²) in [5.74, 6) is 1.58. The first-order chi connectivity index (χ1) is 10.2. The predicted octanol–water partition coefficient (Wildman–Crippen LogP) is 3.84. The van der Waals surface area contributed by atoms with E-state index in [9.17, 15) is 0 Å². The fourth-order valence-electron chi connectivity index (χ4n) is 2.51. The van der Waals surface area contributed by atoms with E-state index in [1.807, 2.05) is 36.5 Å². The van der Waals surface area contributed by atoms with Gasteiger partial charge in [0.2, 0.25) is 0 Å². The number of hydrogen-bond donors (Lipinski definition) is 0. The summed E-state index contributed by atoms with van der Waals surface area (Å²) < 4.78 is 14.3. The van der Waals surface area contributed by atoms with Crippen LogP contribution in [0.2, 0.25) is 0 Å². The topological polar surface area (TPSA) is 35.8 Å². The van der Waals surface area contributed by atoms with Gasteiger partial charge in [-0.25, -0.2) is 4.98 Å². The number of nitrogens with zero attached hydrogens (tertiary/aromatic N) is 2. The average Bonchev–Trinajstić information content (AvgIpc) is 2.95. The second-order valence-electron chi connectivity index (χ2n) is 4.98. The van der Waals surface area contributed by atoms with E-state index in [1.165, 1.54) is 0 Å². The van der Waals surface area contributed by atoms with Gasteiger partial charge in [-0.1, -0.05) is 0 Å². The van der Waals surface area contributed by atoms with Gasteiger partial charge in [0, 0.05) is 21.9 Å². The first-order valence-electron chi connectivity index (χ1n) is 6.76. The fraction of sp³-hybridized carbons (Fsp3) is 0.188. The Morgan fingerprint density at radius 3 is 2.76 bits per heavy atom. The molecule has 0 bridgehead atoms. The summed E-state index contributed by atoms with van der Waals surface area (Å²) in [6.07, 6.45) is 2.04. The van der Waals surface area contributed by atoms with E-state index in [-0.39, 0.29) is 0 Å². The summed E-state index contributed by atoms with van der Waals surface area (Å²) in [5, 5.41) is 0. The maximum Gasteiger partial charge on any atom is 0.162 e. The van der Waals surface area contributed by atoms with Gasteiger partial charge in [0.1, 0.15) is 18.9 Å². The summed E-state index contributed by atoms with van der Waals surface area (Å²) in [5.41, 5.74) is 4.01. The highest BCUT2D eigenvalue weighted by molar-refractivity contribution is 9.10. The van der Waals surface area contributed by atoms with Crippen molar-refractivity contribution in [3.05, 3.63) is 46.7 Å². The quantitative estimate of drug-likeness (QED) is 0.672. The van der Waals surface area contributed by atoms with Gasteiger partial charge in [-0.2, -0.15) is 0 Å². The summed E-state index contributed by atoms with van der Waals surface area (Å²) in [7, 11) is 0. The van der Waals surface area contributed by atoms with E-state index in [1.54, 1.807) is 0 Å². The molecule has 0 unspecified atom stereocenters. The van der Waals surface area contributed by atoms with Crippen LogP contribution in [-0.2, 0) is 0 Å². The lowest BCUT2D eigenvalue weighted by Gasteiger charge is -2.18. The van der Waals surface area contributed by atoms with Crippen molar-refractivity contribution < 1.29 is 9.47 Å². The SMILES string of the molecule is Cc1c(Br)ccc2nc(-c3ccc4c(c3)OCCO4)cn12. The lowest BCUT2D eigenvalue weighted by Crippen LogP contribution is -2.15. The Kier molecular flexibility index (Phi) is 2.89. The molecular weight excluding hydrogens is 332 g/mol. The maximum absolute atomic E-state index is 5.64. The van der Waals surface area contributed by atoms with Gasteiger partial charge in [0.15, 0.2) is 11.5 Å². The number of imidazole rings is 1. The zero-order chi connectivity index (χ0) is 14.4. The van der Waals surface area contributed by atoms with Crippen molar-refractivity contribution in [2.45, 2.75) is 6.92 Å². The summed E-state index contributed by atoms with van der Waals surface area (Å²) in [4.78, 5) is 4.68. The van der Waals surface area contributed by atoms with E-state index in [4.69, 9.17) is 9.47 Å². The molecule has 0 fully saturated rings. The molecule has 0 aliphatic carbocycles. The van der Waals surface area contributed by atoms with Gasteiger partial charge >= 0.3 is 0 Å². The van der Waals surface area contributed by atoms with E-state index in [2.05, 4.69) is 32.2 Å². The predicted molar refractivity (Wildman–Crippen MR) is 84.1 cm³/mol. The highest BCUT2D eigenvalue weighted by atomic mass is 79.9. The number of aromatic nitrogens is 2. The van der Waals surface area contributed by atoms with Crippen LogP contribution in [0.5, 0.6) is 11.5 Å². The molecule has 1 aliphatic heterocycles. The summed E-state index contributed by atoms with van der Waals surface area (Å²) in [6, 6.07) is 9.96. The Labute approximate surface area is 130 Å². The van der Waals surface area contributed by atoms with E-state index in [0.717, 1.165) is 38.6 Å². The van der Waals surface area contributed by atoms with Crippen molar-refractivity contribution in [1.29, 1.82) is 0 Å². The molecule has 0 radical (unpaired) electrons. The molecule has 1 aromatic carbocycles. The van der Waals surface area contributed by atoms with Gasteiger partial charge in [-0.15, -0.1) is 0 Å². The van der Waals surface area contributed by atoms with Crippen LogP contribution in [0.25, 0.3) is 16.9 Å². The number of benzene rings is 1. The third kappa shape index (κ3) is 2.08. The number of ether oxygens (including phenoxy) is 2. The number of fused-ring (bicyclic) bond motifs is 2. The van der Waals surface area contributed by atoms with E-state index >= 15 is 0 Å². The number of hydrogen-bond acceptors (Lipinski definition) is 3. The molecule has 0 atom stereocenters. The van der Waals surface area contributed by atoms with Crippen molar-refractivity contribution in [3.8, 4) is 22.8 Å². The van der Waals surface area contributed by atoms with Crippen molar-refractivity contribution in [1.82, 2.24) is 9.38 Å². The van der Waals surface area contributed by atoms with Crippen molar-refractivity contribution in [2.24, 2.45) is 0 Å². The monoisotopic (exact) mass is 344 g/mol. The molecule has 2 aromatic heterocycles. The first-order valence-corrected chi connectivity index (χ1v) is 7.56. The highest BCUT2D eigenvalue weighted by Crippen LogP contribution is 2.34. The van der Waals surface area contributed by atoms with Gasteiger partial charge in [-0.3, -0.25) is 0 Å². The second kappa shape index (κ2) is 4.77.